The molecule has 164 valence electrons. The Morgan fingerprint density at radius 1 is 1.10 bits per heavy atom. The van der Waals surface area contributed by atoms with E-state index in [4.69, 9.17) is 0 Å². The van der Waals surface area contributed by atoms with Crippen molar-refractivity contribution >= 4 is 9.84 Å². The van der Waals surface area contributed by atoms with E-state index in [0.29, 0.717) is 21.6 Å². The Labute approximate surface area is 187 Å². The molecule has 0 N–H and O–H groups in total. The first-order chi connectivity index (χ1) is 14.7. The van der Waals surface area contributed by atoms with E-state index in [0.717, 1.165) is 24.0 Å². The highest BCUT2D eigenvalue weighted by Gasteiger charge is 2.54. The molecule has 0 saturated heterocycles. The largest absolute Gasteiger partial charge is 0.219 e. The molecule has 1 fully saturated rings. The van der Waals surface area contributed by atoms with Gasteiger partial charge in [-0.2, -0.15) is 0 Å². The third kappa shape index (κ3) is 2.99. The van der Waals surface area contributed by atoms with Gasteiger partial charge in [0, 0.05) is 10.8 Å². The zero-order valence-electron chi connectivity index (χ0n) is 19.1. The van der Waals surface area contributed by atoms with E-state index < -0.39 is 9.84 Å². The monoisotopic (exact) mass is 434 g/mol. The molecule has 1 saturated carbocycles. The molecule has 1 aromatic carbocycles. The molecule has 0 amide bonds. The summed E-state index contributed by atoms with van der Waals surface area (Å²) in [6, 6.07) is 7.15. The Morgan fingerprint density at radius 2 is 1.84 bits per heavy atom. The summed E-state index contributed by atoms with van der Waals surface area (Å²) < 4.78 is 26.8. The number of allylic oxidation sites excluding steroid dienone is 6. The lowest BCUT2D eigenvalue weighted by atomic mass is 9.51. The predicted molar refractivity (Wildman–Crippen MR) is 127 cm³/mol. The molecule has 0 aliphatic heterocycles. The lowest BCUT2D eigenvalue weighted by Gasteiger charge is -2.53. The molecule has 3 heteroatoms. The summed E-state index contributed by atoms with van der Waals surface area (Å²) in [5, 5.41) is 0. The van der Waals surface area contributed by atoms with Gasteiger partial charge < -0.3 is 0 Å². The first-order valence-corrected chi connectivity index (χ1v) is 13.3. The molecule has 0 radical (unpaired) electrons. The van der Waals surface area contributed by atoms with Crippen LogP contribution in [0.4, 0.5) is 0 Å². The zero-order valence-corrected chi connectivity index (χ0v) is 19.9. The van der Waals surface area contributed by atoms with Crippen LogP contribution in [0.5, 0.6) is 0 Å². The fraction of sp³-hybridized carbons (Fsp3) is 0.500. The molecule has 4 aliphatic carbocycles. The van der Waals surface area contributed by atoms with Gasteiger partial charge in [0.2, 0.25) is 9.84 Å². The van der Waals surface area contributed by atoms with Crippen molar-refractivity contribution in [3.63, 3.8) is 0 Å². The topological polar surface area (TPSA) is 34.1 Å². The molecule has 0 heterocycles. The van der Waals surface area contributed by atoms with E-state index in [1.54, 1.807) is 23.3 Å². The van der Waals surface area contributed by atoms with Crippen LogP contribution in [0.15, 0.2) is 75.6 Å². The maximum atomic E-state index is 13.4. The SMILES string of the molecule is C=C(C1=CC[C@H]2[C@@H]3CCC4=CCCC[C@]4(C)C3=CC[C@]12C)S(=O)(=O)c1ccc(C)cc1. The Balaban J connectivity index is 1.49. The second kappa shape index (κ2) is 7.07. The Hall–Kier alpha value is -1.87. The smallest absolute Gasteiger partial charge is 0.206 e. The van der Waals surface area contributed by atoms with Crippen molar-refractivity contribution in [1.82, 2.24) is 0 Å². The molecular weight excluding hydrogens is 400 g/mol. The van der Waals surface area contributed by atoms with Crippen molar-refractivity contribution in [3.8, 4) is 0 Å². The van der Waals surface area contributed by atoms with Gasteiger partial charge in [-0.05, 0) is 81.4 Å². The second-order valence-electron chi connectivity index (χ2n) is 10.6. The summed E-state index contributed by atoms with van der Waals surface area (Å²) in [5.74, 6) is 1.04. The van der Waals surface area contributed by atoms with Crippen molar-refractivity contribution in [2.24, 2.45) is 22.7 Å². The average molecular weight is 435 g/mol. The van der Waals surface area contributed by atoms with Crippen molar-refractivity contribution in [2.75, 3.05) is 0 Å². The molecule has 0 spiro atoms. The van der Waals surface area contributed by atoms with E-state index in [1.165, 1.54) is 32.1 Å². The second-order valence-corrected chi connectivity index (χ2v) is 12.6. The highest BCUT2D eigenvalue weighted by molar-refractivity contribution is 7.95. The maximum Gasteiger partial charge on any atom is 0.206 e. The standard InChI is InChI=1S/C28H34O2S/c1-19-8-11-22(12-9-19)31(29,30)20(2)24-14-15-25-23-13-10-21-7-5-6-17-27(21,3)26(23)16-18-28(24,25)4/h7-9,11-12,14,16,23,25H,2,5-6,10,13,15,17-18H2,1,3-4H3/t23-,25-,27-,28+/m0/s1. The van der Waals surface area contributed by atoms with Crippen LogP contribution in [0, 0.1) is 29.6 Å². The van der Waals surface area contributed by atoms with Crippen LogP contribution in [-0.4, -0.2) is 8.42 Å². The molecule has 1 aromatic rings. The van der Waals surface area contributed by atoms with E-state index in [2.05, 4.69) is 38.7 Å². The van der Waals surface area contributed by atoms with Gasteiger partial charge in [0.05, 0.1) is 9.80 Å². The van der Waals surface area contributed by atoms with E-state index in [-0.39, 0.29) is 10.8 Å². The van der Waals surface area contributed by atoms with Crippen molar-refractivity contribution in [2.45, 2.75) is 70.6 Å². The first kappa shape index (κ1) is 21.0. The van der Waals surface area contributed by atoms with Gasteiger partial charge >= 0.3 is 0 Å². The molecule has 5 rings (SSSR count). The third-order valence-corrected chi connectivity index (χ3v) is 10.7. The number of rotatable bonds is 3. The summed E-state index contributed by atoms with van der Waals surface area (Å²) >= 11 is 0. The molecule has 4 aliphatic rings. The van der Waals surface area contributed by atoms with Gasteiger partial charge in [-0.3, -0.25) is 0 Å². The summed E-state index contributed by atoms with van der Waals surface area (Å²) in [7, 11) is -3.58. The maximum absolute atomic E-state index is 13.4. The van der Waals surface area contributed by atoms with Crippen LogP contribution < -0.4 is 0 Å². The molecule has 31 heavy (non-hydrogen) atoms. The number of aryl methyl sites for hydroxylation is 1. The number of hydrogen-bond acceptors (Lipinski definition) is 2. The minimum absolute atomic E-state index is 0.144. The Bertz CT molecular complexity index is 1130. The van der Waals surface area contributed by atoms with Crippen LogP contribution in [0.2, 0.25) is 0 Å². The van der Waals surface area contributed by atoms with Crippen molar-refractivity contribution < 1.29 is 8.42 Å². The fourth-order valence-corrected chi connectivity index (χ4v) is 8.45. The lowest BCUT2D eigenvalue weighted by molar-refractivity contribution is 0.138. The number of benzene rings is 1. The number of hydrogen-bond donors (Lipinski definition) is 0. The average Bonchev–Trinajstić information content (AvgIpc) is 3.10. The summed E-state index contributed by atoms with van der Waals surface area (Å²) in [5.41, 5.74) is 5.41. The van der Waals surface area contributed by atoms with Crippen LogP contribution in [-0.2, 0) is 9.84 Å². The molecule has 2 nitrogen and oxygen atoms in total. The summed E-state index contributed by atoms with van der Waals surface area (Å²) in [4.78, 5) is 0.656. The van der Waals surface area contributed by atoms with Gasteiger partial charge in [0.15, 0.2) is 0 Å². The van der Waals surface area contributed by atoms with Gasteiger partial charge in [-0.15, -0.1) is 0 Å². The van der Waals surface area contributed by atoms with Crippen LogP contribution in [0.3, 0.4) is 0 Å². The summed E-state index contributed by atoms with van der Waals surface area (Å²) in [6.07, 6.45) is 15.2. The molecule has 0 bridgehead atoms. The predicted octanol–water partition coefficient (Wildman–Crippen LogP) is 7.09. The van der Waals surface area contributed by atoms with Crippen molar-refractivity contribution in [3.05, 3.63) is 76.3 Å². The third-order valence-electron chi connectivity index (χ3n) is 8.94. The number of fused-ring (bicyclic) bond motifs is 5. The van der Waals surface area contributed by atoms with E-state index in [1.807, 2.05) is 19.1 Å². The molecule has 4 atom stereocenters. The Kier molecular flexibility index (Phi) is 4.79. The quantitative estimate of drug-likeness (QED) is 0.476. The minimum atomic E-state index is -3.58. The van der Waals surface area contributed by atoms with Crippen LogP contribution >= 0.6 is 0 Å². The van der Waals surface area contributed by atoms with E-state index in [9.17, 15) is 8.42 Å². The fourth-order valence-electron chi connectivity index (χ4n) is 7.06. The number of sulfone groups is 1. The van der Waals surface area contributed by atoms with Gasteiger partial charge in [0.1, 0.15) is 0 Å². The van der Waals surface area contributed by atoms with Crippen LogP contribution in [0.25, 0.3) is 0 Å². The van der Waals surface area contributed by atoms with Gasteiger partial charge in [0.25, 0.3) is 0 Å². The normalized spacial score (nSPS) is 34.6. The molecule has 0 aromatic heterocycles. The van der Waals surface area contributed by atoms with Crippen LogP contribution in [0.1, 0.15) is 64.4 Å². The highest BCUT2D eigenvalue weighted by Crippen LogP contribution is 2.64. The minimum Gasteiger partial charge on any atom is -0.219 e. The van der Waals surface area contributed by atoms with Crippen molar-refractivity contribution in [1.29, 1.82) is 0 Å². The van der Waals surface area contributed by atoms with Gasteiger partial charge in [-0.1, -0.05) is 67.5 Å². The highest BCUT2D eigenvalue weighted by atomic mass is 32.2. The summed E-state index contributed by atoms with van der Waals surface area (Å²) in [6.45, 7) is 10.9. The Morgan fingerprint density at radius 3 is 2.58 bits per heavy atom. The molecular formula is C28H34O2S. The molecule has 0 unspecified atom stereocenters. The van der Waals surface area contributed by atoms with Gasteiger partial charge in [-0.25, -0.2) is 8.42 Å². The zero-order chi connectivity index (χ0) is 22.0. The first-order valence-electron chi connectivity index (χ1n) is 11.8. The lowest BCUT2D eigenvalue weighted by Crippen LogP contribution is -2.43. The van der Waals surface area contributed by atoms with E-state index >= 15 is 0 Å².